The third kappa shape index (κ3) is 5.06. The van der Waals surface area contributed by atoms with Crippen molar-refractivity contribution in [3.8, 4) is 17.2 Å². The van der Waals surface area contributed by atoms with Gasteiger partial charge in [-0.3, -0.25) is 4.79 Å². The molecule has 0 fully saturated rings. The maximum Gasteiger partial charge on any atom is 0.387 e. The van der Waals surface area contributed by atoms with Crippen molar-refractivity contribution in [2.45, 2.75) is 12.7 Å². The van der Waals surface area contributed by atoms with Gasteiger partial charge in [0, 0.05) is 5.69 Å². The number of alkyl halides is 2. The van der Waals surface area contributed by atoms with E-state index in [1.165, 1.54) is 24.3 Å². The normalized spacial score (nSPS) is 15.1. The van der Waals surface area contributed by atoms with Crippen LogP contribution in [0.4, 0.5) is 14.5 Å². The van der Waals surface area contributed by atoms with Gasteiger partial charge in [0.2, 0.25) is 6.10 Å². The molecule has 1 N–H and O–H groups in total. The van der Waals surface area contributed by atoms with Crippen LogP contribution >= 0.6 is 0 Å². The van der Waals surface area contributed by atoms with Crippen molar-refractivity contribution >= 4 is 17.6 Å². The molecule has 9 heteroatoms. The van der Waals surface area contributed by atoms with Gasteiger partial charge in [-0.2, -0.15) is 8.78 Å². The number of carbonyl (C=O) groups is 2. The molecule has 0 aromatic heterocycles. The smallest absolute Gasteiger partial charge is 0.387 e. The first-order valence-electron chi connectivity index (χ1n) is 7.91. The lowest BCUT2D eigenvalue weighted by atomic mass is 10.2. The average Bonchev–Trinajstić information content (AvgIpc) is 2.67. The van der Waals surface area contributed by atoms with Crippen molar-refractivity contribution in [2.75, 3.05) is 18.5 Å². The summed E-state index contributed by atoms with van der Waals surface area (Å²) in [6.45, 7) is -3.48. The number of nitrogens with one attached hydrogen (secondary N) is 1. The molecular formula is C18H15F2NO6. The van der Waals surface area contributed by atoms with E-state index in [1.807, 2.05) is 0 Å². The van der Waals surface area contributed by atoms with Crippen LogP contribution in [0.1, 0.15) is 0 Å². The van der Waals surface area contributed by atoms with Crippen molar-refractivity contribution in [3.05, 3.63) is 48.5 Å². The first-order valence-corrected chi connectivity index (χ1v) is 7.91. The van der Waals surface area contributed by atoms with E-state index in [9.17, 15) is 18.4 Å². The Bertz CT molecular complexity index is 812. The van der Waals surface area contributed by atoms with Gasteiger partial charge < -0.3 is 24.3 Å². The molecule has 0 saturated carbocycles. The van der Waals surface area contributed by atoms with Gasteiger partial charge in [-0.05, 0) is 36.4 Å². The Morgan fingerprint density at radius 3 is 2.52 bits per heavy atom. The Morgan fingerprint density at radius 1 is 1.11 bits per heavy atom. The lowest BCUT2D eigenvalue weighted by Gasteiger charge is -2.24. The molecule has 1 heterocycles. The van der Waals surface area contributed by atoms with Crippen LogP contribution in [0.2, 0.25) is 0 Å². The molecule has 1 unspecified atom stereocenters. The summed E-state index contributed by atoms with van der Waals surface area (Å²) in [5.41, 5.74) is 0.337. The van der Waals surface area contributed by atoms with Gasteiger partial charge in [-0.15, -0.1) is 0 Å². The van der Waals surface area contributed by atoms with Gasteiger partial charge in [-0.1, -0.05) is 12.1 Å². The largest absolute Gasteiger partial charge is 0.485 e. The molecule has 0 bridgehead atoms. The van der Waals surface area contributed by atoms with Crippen LogP contribution in [0.15, 0.2) is 48.5 Å². The van der Waals surface area contributed by atoms with Crippen molar-refractivity contribution in [2.24, 2.45) is 0 Å². The first kappa shape index (κ1) is 18.4. The summed E-state index contributed by atoms with van der Waals surface area (Å²) in [5.74, 6) is -0.424. The van der Waals surface area contributed by atoms with Crippen LogP contribution in [-0.4, -0.2) is 37.8 Å². The number of carbonyl (C=O) groups excluding carboxylic acids is 2. The number of hydrogen-bond donors (Lipinski definition) is 1. The predicted molar refractivity (Wildman–Crippen MR) is 89.0 cm³/mol. The summed E-state index contributed by atoms with van der Waals surface area (Å²) in [4.78, 5) is 23.9. The van der Waals surface area contributed by atoms with Crippen LogP contribution in [0, 0.1) is 0 Å². The van der Waals surface area contributed by atoms with Crippen LogP contribution in [-0.2, 0) is 14.3 Å². The zero-order valence-corrected chi connectivity index (χ0v) is 13.9. The number of halogens is 2. The van der Waals surface area contributed by atoms with Crippen LogP contribution in [0.5, 0.6) is 17.2 Å². The van der Waals surface area contributed by atoms with Gasteiger partial charge in [0.05, 0.1) is 0 Å². The second-order valence-corrected chi connectivity index (χ2v) is 5.42. The van der Waals surface area contributed by atoms with E-state index in [0.29, 0.717) is 17.2 Å². The number of anilines is 1. The highest BCUT2D eigenvalue weighted by Gasteiger charge is 2.29. The van der Waals surface area contributed by atoms with Gasteiger partial charge in [0.25, 0.3) is 5.91 Å². The lowest BCUT2D eigenvalue weighted by Crippen LogP contribution is -2.39. The topological polar surface area (TPSA) is 83.1 Å². The zero-order chi connectivity index (χ0) is 19.2. The first-order chi connectivity index (χ1) is 13.0. The van der Waals surface area contributed by atoms with Crippen molar-refractivity contribution in [1.82, 2.24) is 0 Å². The maximum absolute atomic E-state index is 12.1. The van der Waals surface area contributed by atoms with Gasteiger partial charge >= 0.3 is 12.6 Å². The Hall–Kier alpha value is -3.36. The fraction of sp³-hybridized carbons (Fsp3) is 0.222. The number of para-hydroxylation sites is 2. The molecule has 2 aromatic carbocycles. The molecule has 7 nitrogen and oxygen atoms in total. The van der Waals surface area contributed by atoms with E-state index in [4.69, 9.17) is 14.2 Å². The van der Waals surface area contributed by atoms with Gasteiger partial charge in [0.15, 0.2) is 18.1 Å². The quantitative estimate of drug-likeness (QED) is 0.777. The number of ether oxygens (including phenoxy) is 4. The number of esters is 1. The summed E-state index contributed by atoms with van der Waals surface area (Å²) < 4.78 is 44.2. The molecule has 0 radical (unpaired) electrons. The van der Waals surface area contributed by atoms with Crippen LogP contribution < -0.4 is 19.5 Å². The molecular weight excluding hydrogens is 364 g/mol. The monoisotopic (exact) mass is 379 g/mol. The number of amides is 1. The van der Waals surface area contributed by atoms with E-state index in [2.05, 4.69) is 10.1 Å². The number of hydrogen-bond acceptors (Lipinski definition) is 6. The SMILES string of the molecule is O=C(COC(=O)C1COc2ccccc2O1)Nc1ccc(OC(F)F)cc1. The fourth-order valence-electron chi connectivity index (χ4n) is 2.28. The molecule has 0 saturated heterocycles. The third-order valence-corrected chi connectivity index (χ3v) is 3.48. The summed E-state index contributed by atoms with van der Waals surface area (Å²) in [5, 5.41) is 2.47. The molecule has 3 rings (SSSR count). The second kappa shape index (κ2) is 8.35. The highest BCUT2D eigenvalue weighted by atomic mass is 19.3. The summed E-state index contributed by atoms with van der Waals surface area (Å²) in [6.07, 6.45) is -0.974. The molecule has 1 aliphatic rings. The molecule has 1 amide bonds. The van der Waals surface area contributed by atoms with Crippen LogP contribution in [0.3, 0.4) is 0 Å². The highest BCUT2D eigenvalue weighted by molar-refractivity contribution is 5.93. The Morgan fingerprint density at radius 2 is 1.81 bits per heavy atom. The Kier molecular flexibility index (Phi) is 5.70. The fourth-order valence-corrected chi connectivity index (χ4v) is 2.28. The third-order valence-electron chi connectivity index (χ3n) is 3.48. The zero-order valence-electron chi connectivity index (χ0n) is 13.9. The molecule has 0 spiro atoms. The molecule has 27 heavy (non-hydrogen) atoms. The minimum absolute atomic E-state index is 0.0247. The highest BCUT2D eigenvalue weighted by Crippen LogP contribution is 2.31. The van der Waals surface area contributed by atoms with Crippen molar-refractivity contribution < 1.29 is 37.3 Å². The van der Waals surface area contributed by atoms with Gasteiger partial charge in [0.1, 0.15) is 12.4 Å². The average molecular weight is 379 g/mol. The molecule has 1 aliphatic heterocycles. The summed E-state index contributed by atoms with van der Waals surface area (Å²) in [7, 11) is 0. The minimum atomic E-state index is -2.93. The molecule has 142 valence electrons. The van der Waals surface area contributed by atoms with E-state index in [-0.39, 0.29) is 12.4 Å². The van der Waals surface area contributed by atoms with E-state index >= 15 is 0 Å². The Balaban J connectivity index is 1.46. The number of benzene rings is 2. The van der Waals surface area contributed by atoms with E-state index in [0.717, 1.165) is 0 Å². The standard InChI is InChI=1S/C18H15F2NO6/c19-18(20)26-12-7-5-11(6-8-12)21-16(22)10-25-17(23)15-9-24-13-3-1-2-4-14(13)27-15/h1-8,15,18H,9-10H2,(H,21,22). The van der Waals surface area contributed by atoms with E-state index < -0.39 is 31.2 Å². The molecule has 1 atom stereocenters. The van der Waals surface area contributed by atoms with Crippen LogP contribution in [0.25, 0.3) is 0 Å². The summed E-state index contributed by atoms with van der Waals surface area (Å²) >= 11 is 0. The Labute approximate surface area is 152 Å². The van der Waals surface area contributed by atoms with E-state index in [1.54, 1.807) is 24.3 Å². The summed E-state index contributed by atoms with van der Waals surface area (Å²) in [6, 6.07) is 12.2. The number of rotatable bonds is 6. The molecule has 0 aliphatic carbocycles. The van der Waals surface area contributed by atoms with Crippen molar-refractivity contribution in [1.29, 1.82) is 0 Å². The number of fused-ring (bicyclic) bond motifs is 1. The minimum Gasteiger partial charge on any atom is -0.485 e. The lowest BCUT2D eigenvalue weighted by molar-refractivity contribution is -0.156. The van der Waals surface area contributed by atoms with Crippen molar-refractivity contribution in [3.63, 3.8) is 0 Å². The van der Waals surface area contributed by atoms with Gasteiger partial charge in [-0.25, -0.2) is 4.79 Å². The predicted octanol–water partition coefficient (Wildman–Crippen LogP) is 2.61. The molecule has 2 aromatic rings. The second-order valence-electron chi connectivity index (χ2n) is 5.42. The maximum atomic E-state index is 12.1.